The summed E-state index contributed by atoms with van der Waals surface area (Å²) in [5.74, 6) is 0. The highest BCUT2D eigenvalue weighted by molar-refractivity contribution is 5.36. The molecule has 2 aliphatic rings. The Labute approximate surface area is 212 Å². The Kier molecular flexibility index (Phi) is 13.3. The smallest absolute Gasteiger partial charge is 0.00990 e. The maximum Gasteiger partial charge on any atom is 0.00990 e. The average molecular weight is 461 g/mol. The van der Waals surface area contributed by atoms with Gasteiger partial charge in [-0.1, -0.05) is 86.6 Å². The second kappa shape index (κ2) is 16.0. The number of allylic oxidation sites excluding steroid dienone is 14. The van der Waals surface area contributed by atoms with Crippen LogP contribution in [0.15, 0.2) is 82.5 Å². The monoisotopic (exact) mass is 460 g/mol. The molecule has 0 aliphatic heterocycles. The zero-order valence-electron chi connectivity index (χ0n) is 23.1. The van der Waals surface area contributed by atoms with Crippen LogP contribution in [-0.2, 0) is 0 Å². The zero-order chi connectivity index (χ0) is 24.7. The highest BCUT2D eigenvalue weighted by Gasteiger charge is 2.23. The molecular formula is C34H52. The van der Waals surface area contributed by atoms with Crippen LogP contribution in [0.25, 0.3) is 0 Å². The van der Waals surface area contributed by atoms with Crippen molar-refractivity contribution < 1.29 is 0 Å². The summed E-state index contributed by atoms with van der Waals surface area (Å²) in [6.45, 7) is 11.5. The van der Waals surface area contributed by atoms with Gasteiger partial charge in [0.05, 0.1) is 0 Å². The predicted molar refractivity (Wildman–Crippen MR) is 154 cm³/mol. The molecule has 0 unspecified atom stereocenters. The summed E-state index contributed by atoms with van der Waals surface area (Å²) in [7, 11) is 0. The fourth-order valence-corrected chi connectivity index (χ4v) is 5.16. The molecule has 0 aromatic heterocycles. The topological polar surface area (TPSA) is 0 Å². The third kappa shape index (κ3) is 9.81. The van der Waals surface area contributed by atoms with Gasteiger partial charge in [0.1, 0.15) is 0 Å². The van der Waals surface area contributed by atoms with Crippen LogP contribution >= 0.6 is 0 Å². The van der Waals surface area contributed by atoms with Crippen molar-refractivity contribution in [1.82, 2.24) is 0 Å². The van der Waals surface area contributed by atoms with E-state index in [1.54, 1.807) is 16.7 Å². The van der Waals surface area contributed by atoms with E-state index in [0.29, 0.717) is 0 Å². The molecule has 2 rings (SSSR count). The minimum absolute atomic E-state index is 0.162. The van der Waals surface area contributed by atoms with Crippen molar-refractivity contribution >= 4 is 0 Å². The van der Waals surface area contributed by atoms with Crippen LogP contribution in [0.1, 0.15) is 125 Å². The van der Waals surface area contributed by atoms with E-state index in [2.05, 4.69) is 89.3 Å². The van der Waals surface area contributed by atoms with Crippen LogP contribution in [0, 0.1) is 5.41 Å². The summed E-state index contributed by atoms with van der Waals surface area (Å²) >= 11 is 0. The SMILES string of the molecule is CC=CCCC=C(CC)C1=CCCCC(CCCC=C(C)C(C)(C)C2=CCCC=C2)=CCCC1. The van der Waals surface area contributed by atoms with Crippen LogP contribution in [0.2, 0.25) is 0 Å². The molecule has 0 saturated carbocycles. The van der Waals surface area contributed by atoms with E-state index < -0.39 is 0 Å². The minimum Gasteiger partial charge on any atom is -0.0917 e. The largest absolute Gasteiger partial charge is 0.0917 e. The third-order valence-electron chi connectivity index (χ3n) is 7.78. The maximum absolute atomic E-state index is 2.59. The Balaban J connectivity index is 1.82. The normalized spacial score (nSPS) is 19.1. The molecule has 0 aromatic carbocycles. The van der Waals surface area contributed by atoms with E-state index in [0.717, 1.165) is 0 Å². The molecule has 0 bridgehead atoms. The summed E-state index contributed by atoms with van der Waals surface area (Å²) in [6, 6.07) is 0. The van der Waals surface area contributed by atoms with E-state index in [1.807, 2.05) is 0 Å². The summed E-state index contributed by atoms with van der Waals surface area (Å²) in [4.78, 5) is 0. The van der Waals surface area contributed by atoms with Crippen LogP contribution in [0.4, 0.5) is 0 Å². The average Bonchev–Trinajstić information content (AvgIpc) is 2.86. The first-order valence-corrected chi connectivity index (χ1v) is 14.2. The molecule has 0 spiro atoms. The van der Waals surface area contributed by atoms with Crippen LogP contribution < -0.4 is 0 Å². The first-order chi connectivity index (χ1) is 16.5. The van der Waals surface area contributed by atoms with E-state index >= 15 is 0 Å². The van der Waals surface area contributed by atoms with Crippen molar-refractivity contribution in [3.8, 4) is 0 Å². The first kappa shape index (κ1) is 28.4. The molecular weight excluding hydrogens is 408 g/mol. The highest BCUT2D eigenvalue weighted by atomic mass is 14.3. The van der Waals surface area contributed by atoms with Crippen LogP contribution in [0.3, 0.4) is 0 Å². The number of hydrogen-bond acceptors (Lipinski definition) is 0. The summed E-state index contributed by atoms with van der Waals surface area (Å²) in [5, 5.41) is 0. The molecule has 0 nitrogen and oxygen atoms in total. The van der Waals surface area contributed by atoms with Gasteiger partial charge in [0.25, 0.3) is 0 Å². The lowest BCUT2D eigenvalue weighted by molar-refractivity contribution is 0.542. The van der Waals surface area contributed by atoms with Gasteiger partial charge < -0.3 is 0 Å². The standard InChI is InChI=1S/C34H52/c1-6-8-9-11-24-31(7-2)32-25-18-16-22-30(23-17-19-26-32)21-15-14-20-29(3)34(4,5)33-27-12-10-13-28-33/h6,8,12,20,22,24,26-28H,7,9-11,13-19,21,23,25H2,1-5H3. The van der Waals surface area contributed by atoms with Crippen molar-refractivity contribution in [2.45, 2.75) is 125 Å². The minimum atomic E-state index is 0.162. The fourth-order valence-electron chi connectivity index (χ4n) is 5.16. The Morgan fingerprint density at radius 3 is 2.44 bits per heavy atom. The summed E-state index contributed by atoms with van der Waals surface area (Å²) in [5.41, 5.74) is 8.11. The van der Waals surface area contributed by atoms with E-state index in [9.17, 15) is 0 Å². The molecule has 0 heteroatoms. The number of rotatable bonds is 11. The van der Waals surface area contributed by atoms with Crippen molar-refractivity contribution in [3.05, 3.63) is 82.5 Å². The molecule has 0 radical (unpaired) electrons. The van der Waals surface area contributed by atoms with E-state index in [-0.39, 0.29) is 5.41 Å². The highest BCUT2D eigenvalue weighted by Crippen LogP contribution is 2.37. The zero-order valence-corrected chi connectivity index (χ0v) is 23.1. The molecule has 0 saturated heterocycles. The van der Waals surface area contributed by atoms with Crippen molar-refractivity contribution in [2.24, 2.45) is 5.41 Å². The van der Waals surface area contributed by atoms with Crippen molar-refractivity contribution in [1.29, 1.82) is 0 Å². The molecule has 0 amide bonds. The lowest BCUT2D eigenvalue weighted by Gasteiger charge is -2.29. The molecule has 0 heterocycles. The summed E-state index contributed by atoms with van der Waals surface area (Å²) < 4.78 is 0. The second-order valence-corrected chi connectivity index (χ2v) is 10.6. The van der Waals surface area contributed by atoms with Gasteiger partial charge in [-0.25, -0.2) is 0 Å². The van der Waals surface area contributed by atoms with Crippen molar-refractivity contribution in [2.75, 3.05) is 0 Å². The molecule has 0 atom stereocenters. The van der Waals surface area contributed by atoms with Gasteiger partial charge in [-0.3, -0.25) is 0 Å². The number of hydrogen-bond donors (Lipinski definition) is 0. The molecule has 0 N–H and O–H groups in total. The third-order valence-corrected chi connectivity index (χ3v) is 7.78. The van der Waals surface area contributed by atoms with Gasteiger partial charge in [0.2, 0.25) is 0 Å². The lowest BCUT2D eigenvalue weighted by Crippen LogP contribution is -2.16. The van der Waals surface area contributed by atoms with Gasteiger partial charge in [-0.2, -0.15) is 0 Å². The second-order valence-electron chi connectivity index (χ2n) is 10.6. The Bertz CT molecular complexity index is 816. The summed E-state index contributed by atoms with van der Waals surface area (Å²) in [6.07, 6.45) is 38.9. The van der Waals surface area contributed by atoms with Gasteiger partial charge >= 0.3 is 0 Å². The Morgan fingerprint density at radius 2 is 1.71 bits per heavy atom. The first-order valence-electron chi connectivity index (χ1n) is 14.2. The van der Waals surface area contributed by atoms with Gasteiger partial charge in [-0.05, 0) is 120 Å². The molecule has 0 fully saturated rings. The Hall–Kier alpha value is -1.82. The van der Waals surface area contributed by atoms with Gasteiger partial charge in [-0.15, -0.1) is 0 Å². The van der Waals surface area contributed by atoms with Crippen LogP contribution in [-0.4, -0.2) is 0 Å². The fraction of sp³-hybridized carbons (Fsp3) is 0.588. The van der Waals surface area contributed by atoms with E-state index in [4.69, 9.17) is 0 Å². The van der Waals surface area contributed by atoms with Crippen LogP contribution in [0.5, 0.6) is 0 Å². The predicted octanol–water partition coefficient (Wildman–Crippen LogP) is 11.3. The Morgan fingerprint density at radius 1 is 0.912 bits per heavy atom. The van der Waals surface area contributed by atoms with Crippen molar-refractivity contribution in [3.63, 3.8) is 0 Å². The van der Waals surface area contributed by atoms with Gasteiger partial charge in [0.15, 0.2) is 0 Å². The maximum atomic E-state index is 2.59. The molecule has 188 valence electrons. The molecule has 0 aromatic rings. The molecule has 34 heavy (non-hydrogen) atoms. The number of unbranched alkanes of at least 4 members (excludes halogenated alkanes) is 2. The molecule has 2 aliphatic carbocycles. The quantitative estimate of drug-likeness (QED) is 0.212. The van der Waals surface area contributed by atoms with Gasteiger partial charge in [0, 0.05) is 5.41 Å². The lowest BCUT2D eigenvalue weighted by atomic mass is 9.75. The van der Waals surface area contributed by atoms with E-state index in [1.165, 1.54) is 101 Å².